The lowest BCUT2D eigenvalue weighted by Crippen LogP contribution is -2.22. The second kappa shape index (κ2) is 10.8. The number of benzene rings is 3. The molecule has 0 atom stereocenters. The van der Waals surface area contributed by atoms with Crippen LogP contribution < -0.4 is 19.8 Å². The molecule has 0 bridgehead atoms. The molecule has 10 nitrogen and oxygen atoms in total. The standard InChI is InChI=1S/C26H20BrClN4O6/c1-2-3-24-30-20-6-5-17(27)11-18(20)26(33)31(24)29-12-16-8-19(28)25(21(9-16)32(34)35)36-13-15-4-7-22-23(10-15)38-14-37-22/h4-12H,2-3,13-14H2,1H3. The molecule has 0 unspecified atom stereocenters. The van der Waals surface area contributed by atoms with Crippen LogP contribution in [0.25, 0.3) is 10.9 Å². The van der Waals surface area contributed by atoms with Gasteiger partial charge in [0.15, 0.2) is 11.5 Å². The maximum Gasteiger partial charge on any atom is 0.313 e. The summed E-state index contributed by atoms with van der Waals surface area (Å²) in [4.78, 5) is 29.1. The highest BCUT2D eigenvalue weighted by Crippen LogP contribution is 2.37. The van der Waals surface area contributed by atoms with E-state index in [1.165, 1.54) is 23.0 Å². The van der Waals surface area contributed by atoms with Gasteiger partial charge in [-0.05, 0) is 48.4 Å². The number of aryl methyl sites for hydroxylation is 1. The summed E-state index contributed by atoms with van der Waals surface area (Å²) in [6, 6.07) is 13.3. The van der Waals surface area contributed by atoms with Crippen molar-refractivity contribution in [2.45, 2.75) is 26.4 Å². The van der Waals surface area contributed by atoms with Crippen LogP contribution in [0.2, 0.25) is 5.02 Å². The summed E-state index contributed by atoms with van der Waals surface area (Å²) in [7, 11) is 0. The molecular weight excluding hydrogens is 580 g/mol. The summed E-state index contributed by atoms with van der Waals surface area (Å²) in [5, 5.41) is 16.6. The van der Waals surface area contributed by atoms with Gasteiger partial charge in [0.05, 0.1) is 27.1 Å². The zero-order valence-corrected chi connectivity index (χ0v) is 22.4. The molecule has 4 aromatic rings. The SMILES string of the molecule is CCCc1nc2ccc(Br)cc2c(=O)n1N=Cc1cc(Cl)c(OCc2ccc3c(c2)OCO3)c([N+](=O)[O-])c1. The predicted molar refractivity (Wildman–Crippen MR) is 146 cm³/mol. The minimum Gasteiger partial charge on any atom is -0.481 e. The average Bonchev–Trinajstić information content (AvgIpc) is 3.36. The lowest BCUT2D eigenvalue weighted by atomic mass is 10.2. The first-order chi connectivity index (χ1) is 18.3. The van der Waals surface area contributed by atoms with E-state index in [0.29, 0.717) is 40.2 Å². The lowest BCUT2D eigenvalue weighted by Gasteiger charge is -2.11. The Balaban J connectivity index is 1.46. The molecule has 194 valence electrons. The van der Waals surface area contributed by atoms with Crippen LogP contribution in [0.15, 0.2) is 62.9 Å². The van der Waals surface area contributed by atoms with Gasteiger partial charge in [-0.2, -0.15) is 9.78 Å². The average molecular weight is 600 g/mol. The number of halogens is 2. The fourth-order valence-corrected chi connectivity index (χ4v) is 4.60. The van der Waals surface area contributed by atoms with Crippen LogP contribution in [0.4, 0.5) is 5.69 Å². The molecule has 0 aliphatic carbocycles. The van der Waals surface area contributed by atoms with Crippen LogP contribution in [0.1, 0.15) is 30.3 Å². The summed E-state index contributed by atoms with van der Waals surface area (Å²) in [5.74, 6) is 1.60. The Hall–Kier alpha value is -3.96. The molecule has 0 saturated carbocycles. The van der Waals surface area contributed by atoms with Crippen molar-refractivity contribution >= 4 is 50.3 Å². The molecule has 38 heavy (non-hydrogen) atoms. The molecular formula is C26H20BrClN4O6. The fraction of sp³-hybridized carbons (Fsp3) is 0.192. The van der Waals surface area contributed by atoms with Crippen molar-refractivity contribution < 1.29 is 19.1 Å². The Bertz CT molecular complexity index is 1660. The number of ether oxygens (including phenoxy) is 3. The molecule has 12 heteroatoms. The summed E-state index contributed by atoms with van der Waals surface area (Å²) < 4.78 is 18.3. The van der Waals surface area contributed by atoms with Gasteiger partial charge >= 0.3 is 5.69 Å². The molecule has 0 spiro atoms. The van der Waals surface area contributed by atoms with Crippen molar-refractivity contribution in [2.24, 2.45) is 5.10 Å². The van der Waals surface area contributed by atoms with E-state index >= 15 is 0 Å². The van der Waals surface area contributed by atoms with Crippen molar-refractivity contribution in [1.29, 1.82) is 0 Å². The van der Waals surface area contributed by atoms with E-state index in [1.807, 2.05) is 13.0 Å². The second-order valence-corrected chi connectivity index (χ2v) is 9.71. The Morgan fingerprint density at radius 3 is 2.82 bits per heavy atom. The van der Waals surface area contributed by atoms with E-state index in [1.54, 1.807) is 30.3 Å². The molecule has 0 amide bonds. The highest BCUT2D eigenvalue weighted by Gasteiger charge is 2.21. The number of hydrogen-bond donors (Lipinski definition) is 0. The number of hydrogen-bond acceptors (Lipinski definition) is 8. The van der Waals surface area contributed by atoms with Crippen LogP contribution in [-0.2, 0) is 13.0 Å². The quantitative estimate of drug-likeness (QED) is 0.141. The molecule has 2 heterocycles. The van der Waals surface area contributed by atoms with Gasteiger partial charge in [0.2, 0.25) is 12.5 Å². The molecule has 1 aliphatic heterocycles. The highest BCUT2D eigenvalue weighted by molar-refractivity contribution is 9.10. The van der Waals surface area contributed by atoms with Gasteiger partial charge in [-0.1, -0.05) is 40.5 Å². The van der Waals surface area contributed by atoms with Crippen molar-refractivity contribution in [3.8, 4) is 17.2 Å². The van der Waals surface area contributed by atoms with Crippen molar-refractivity contribution in [2.75, 3.05) is 6.79 Å². The predicted octanol–water partition coefficient (Wildman–Crippen LogP) is 5.86. The maximum absolute atomic E-state index is 13.2. The third-order valence-corrected chi connectivity index (χ3v) is 6.51. The van der Waals surface area contributed by atoms with Gasteiger partial charge in [-0.15, -0.1) is 0 Å². The van der Waals surface area contributed by atoms with Gasteiger partial charge in [0.25, 0.3) is 5.56 Å². The second-order valence-electron chi connectivity index (χ2n) is 8.39. The zero-order valence-electron chi connectivity index (χ0n) is 20.0. The molecule has 5 rings (SSSR count). The zero-order chi connectivity index (χ0) is 26.8. The van der Waals surface area contributed by atoms with Crippen LogP contribution in [0.3, 0.4) is 0 Å². The van der Waals surface area contributed by atoms with Crippen LogP contribution in [-0.4, -0.2) is 27.6 Å². The molecule has 0 fully saturated rings. The largest absolute Gasteiger partial charge is 0.481 e. The van der Waals surface area contributed by atoms with E-state index in [-0.39, 0.29) is 35.4 Å². The fourth-order valence-electron chi connectivity index (χ4n) is 3.96. The molecule has 1 aromatic heterocycles. The first kappa shape index (κ1) is 25.7. The van der Waals surface area contributed by atoms with E-state index in [2.05, 4.69) is 26.0 Å². The van der Waals surface area contributed by atoms with Crippen LogP contribution >= 0.6 is 27.5 Å². The van der Waals surface area contributed by atoms with Crippen molar-refractivity contribution in [3.63, 3.8) is 0 Å². The van der Waals surface area contributed by atoms with E-state index in [0.717, 1.165) is 16.5 Å². The molecule has 3 aromatic carbocycles. The smallest absolute Gasteiger partial charge is 0.313 e. The Kier molecular flexibility index (Phi) is 7.30. The third-order valence-electron chi connectivity index (χ3n) is 5.73. The number of nitro benzene ring substituents is 1. The van der Waals surface area contributed by atoms with Crippen LogP contribution in [0.5, 0.6) is 17.2 Å². The van der Waals surface area contributed by atoms with Gasteiger partial charge in [-0.3, -0.25) is 14.9 Å². The maximum atomic E-state index is 13.2. The van der Waals surface area contributed by atoms with Crippen molar-refractivity contribution in [3.05, 3.63) is 95.4 Å². The third kappa shape index (κ3) is 5.20. The van der Waals surface area contributed by atoms with E-state index in [4.69, 9.17) is 25.8 Å². The van der Waals surface area contributed by atoms with Crippen LogP contribution in [0, 0.1) is 10.1 Å². The van der Waals surface area contributed by atoms with Gasteiger partial charge < -0.3 is 14.2 Å². The Labute approximate surface area is 229 Å². The highest BCUT2D eigenvalue weighted by atomic mass is 79.9. The minimum atomic E-state index is -0.581. The normalized spacial score (nSPS) is 12.4. The summed E-state index contributed by atoms with van der Waals surface area (Å²) in [5.41, 5.74) is 0.932. The lowest BCUT2D eigenvalue weighted by molar-refractivity contribution is -0.385. The first-order valence-electron chi connectivity index (χ1n) is 11.6. The summed E-state index contributed by atoms with van der Waals surface area (Å²) >= 11 is 9.78. The van der Waals surface area contributed by atoms with Gasteiger partial charge in [-0.25, -0.2) is 4.98 Å². The topological polar surface area (TPSA) is 118 Å². The number of fused-ring (bicyclic) bond motifs is 2. The van der Waals surface area contributed by atoms with E-state index < -0.39 is 4.92 Å². The monoisotopic (exact) mass is 598 g/mol. The number of nitrogens with zero attached hydrogens (tertiary/aromatic N) is 4. The molecule has 0 N–H and O–H groups in total. The summed E-state index contributed by atoms with van der Waals surface area (Å²) in [6.07, 6.45) is 2.61. The first-order valence-corrected chi connectivity index (χ1v) is 12.8. The summed E-state index contributed by atoms with van der Waals surface area (Å²) in [6.45, 7) is 2.13. The number of nitro groups is 1. The van der Waals surface area contributed by atoms with E-state index in [9.17, 15) is 14.9 Å². The Morgan fingerprint density at radius 2 is 2.03 bits per heavy atom. The Morgan fingerprint density at radius 1 is 1.21 bits per heavy atom. The number of rotatable bonds is 8. The minimum absolute atomic E-state index is 0.0265. The molecule has 1 aliphatic rings. The van der Waals surface area contributed by atoms with Gasteiger partial charge in [0.1, 0.15) is 12.4 Å². The number of aromatic nitrogens is 2. The molecule has 0 saturated heterocycles. The van der Waals surface area contributed by atoms with Gasteiger partial charge in [0, 0.05) is 22.5 Å². The van der Waals surface area contributed by atoms with Crippen molar-refractivity contribution in [1.82, 2.24) is 9.66 Å². The molecule has 0 radical (unpaired) electrons.